The van der Waals surface area contributed by atoms with Crippen molar-refractivity contribution in [1.82, 2.24) is 9.97 Å². The highest BCUT2D eigenvalue weighted by molar-refractivity contribution is 5.89. The Labute approximate surface area is 222 Å². The smallest absolute Gasteiger partial charge is 0.300 e. The van der Waals surface area contributed by atoms with Crippen LogP contribution < -0.4 is 19.1 Å². The topological polar surface area (TPSA) is 117 Å². The first-order valence-corrected chi connectivity index (χ1v) is 11.9. The molecule has 1 heterocycles. The molecule has 9 nitrogen and oxygen atoms in total. The predicted molar refractivity (Wildman–Crippen MR) is 148 cm³/mol. The van der Waals surface area contributed by atoms with Gasteiger partial charge in [0.2, 0.25) is 5.75 Å². The molecule has 0 spiro atoms. The van der Waals surface area contributed by atoms with Gasteiger partial charge in [-0.15, -0.1) is 0 Å². The molecule has 3 N–H and O–H groups in total. The number of benzene rings is 3. The molecule has 1 aromatic heterocycles. The Morgan fingerprint density at radius 3 is 2.00 bits per heavy atom. The van der Waals surface area contributed by atoms with E-state index in [4.69, 9.17) is 24.1 Å². The van der Waals surface area contributed by atoms with Gasteiger partial charge >= 0.3 is 0 Å². The molecule has 0 saturated carbocycles. The van der Waals surface area contributed by atoms with Crippen LogP contribution in [0.4, 0.5) is 5.69 Å². The van der Waals surface area contributed by atoms with Gasteiger partial charge in [0.1, 0.15) is 11.6 Å². The van der Waals surface area contributed by atoms with Crippen LogP contribution >= 0.6 is 0 Å². The third-order valence-electron chi connectivity index (χ3n) is 5.66. The van der Waals surface area contributed by atoms with Crippen LogP contribution in [0.25, 0.3) is 33.6 Å². The minimum Gasteiger partial charge on any atom is -0.502 e. The number of aromatic nitrogens is 2. The van der Waals surface area contributed by atoms with Gasteiger partial charge in [0.25, 0.3) is 5.97 Å². The molecule has 0 aliphatic rings. The van der Waals surface area contributed by atoms with Gasteiger partial charge in [-0.3, -0.25) is 4.79 Å². The molecule has 0 aliphatic heterocycles. The monoisotopic (exact) mass is 519 g/mol. The average molecular weight is 520 g/mol. The number of anilines is 1. The van der Waals surface area contributed by atoms with Crippen molar-refractivity contribution >= 4 is 11.7 Å². The summed E-state index contributed by atoms with van der Waals surface area (Å²) in [5, 5.41) is 17.9. The number of phenolic OH excluding ortho intramolecular Hbond substituents is 1. The molecule has 0 amide bonds. The summed E-state index contributed by atoms with van der Waals surface area (Å²) in [6.45, 7) is 3.58. The van der Waals surface area contributed by atoms with Gasteiger partial charge in [-0.05, 0) is 60.0 Å². The van der Waals surface area contributed by atoms with E-state index >= 15 is 0 Å². The largest absolute Gasteiger partial charge is 0.502 e. The summed E-state index contributed by atoms with van der Waals surface area (Å²) >= 11 is 0. The number of hydrogen-bond acceptors (Lipinski definition) is 7. The summed E-state index contributed by atoms with van der Waals surface area (Å²) in [4.78, 5) is 18.7. The average Bonchev–Trinajstić information content (AvgIpc) is 3.43. The zero-order chi connectivity index (χ0) is 27.8. The minimum absolute atomic E-state index is 0.0428. The Balaban J connectivity index is 0.000000934. The van der Waals surface area contributed by atoms with Crippen LogP contribution in [0.5, 0.6) is 23.0 Å². The predicted octanol–water partition coefficient (Wildman–Crippen LogP) is 5.69. The van der Waals surface area contributed by atoms with E-state index in [9.17, 15) is 5.11 Å². The summed E-state index contributed by atoms with van der Waals surface area (Å²) in [7, 11) is 7.06. The van der Waals surface area contributed by atoms with Crippen molar-refractivity contribution in [2.24, 2.45) is 0 Å². The Bertz CT molecular complexity index is 1340. The number of nitrogens with zero attached hydrogens (tertiary/aromatic N) is 2. The first kappa shape index (κ1) is 27.9. The third-order valence-corrected chi connectivity index (χ3v) is 5.66. The number of ether oxygens (including phenoxy) is 3. The summed E-state index contributed by atoms with van der Waals surface area (Å²) in [6, 6.07) is 16.0. The van der Waals surface area contributed by atoms with Crippen molar-refractivity contribution in [2.75, 3.05) is 39.8 Å². The molecule has 0 atom stereocenters. The van der Waals surface area contributed by atoms with Crippen LogP contribution in [0.1, 0.15) is 13.8 Å². The molecule has 0 radical (unpaired) electrons. The van der Waals surface area contributed by atoms with E-state index < -0.39 is 5.97 Å². The zero-order valence-electron chi connectivity index (χ0n) is 22.4. The van der Waals surface area contributed by atoms with Gasteiger partial charge in [-0.25, -0.2) is 4.98 Å². The summed E-state index contributed by atoms with van der Waals surface area (Å²) in [6.07, 6.45) is 3.50. The lowest BCUT2D eigenvalue weighted by Crippen LogP contribution is -2.08. The molecular weight excluding hydrogens is 486 g/mol. The number of carboxylic acids is 1. The number of methoxy groups -OCH3 is 2. The van der Waals surface area contributed by atoms with Crippen LogP contribution in [0.3, 0.4) is 0 Å². The standard InChI is InChI=1S/C27H29N3O4.C2H4O2/c1-6-34-23-16-22(27-28-11-12-29-27)20(18-13-24(32-4)26(31)25(14-18)33-5)15-21(23)17-7-9-19(10-8-17)30(2)3;1-2(3)4/h7-16,31H,6H2,1-5H3,(H,28,29);1H3,(H,3,4). The maximum Gasteiger partial charge on any atom is 0.300 e. The SMILES string of the molecule is CC(=O)O.CCOc1cc(-c2ncc[nH]2)c(-c2cc(OC)c(O)c(OC)c2)cc1-c1ccc(N(C)C)cc1. The number of aromatic amines is 1. The quantitative estimate of drug-likeness (QED) is 0.272. The van der Waals surface area contributed by atoms with Gasteiger partial charge in [-0.1, -0.05) is 12.1 Å². The lowest BCUT2D eigenvalue weighted by atomic mass is 9.92. The highest BCUT2D eigenvalue weighted by Crippen LogP contribution is 2.45. The fourth-order valence-electron chi connectivity index (χ4n) is 3.92. The minimum atomic E-state index is -0.833. The number of aromatic hydroxyl groups is 1. The Morgan fingerprint density at radius 1 is 0.921 bits per heavy atom. The normalized spacial score (nSPS) is 10.3. The van der Waals surface area contributed by atoms with E-state index in [0.29, 0.717) is 23.9 Å². The number of hydrogen-bond donors (Lipinski definition) is 3. The molecule has 9 heteroatoms. The lowest BCUT2D eigenvalue weighted by molar-refractivity contribution is -0.134. The number of phenols is 1. The Morgan fingerprint density at radius 2 is 1.53 bits per heavy atom. The Kier molecular flexibility index (Phi) is 9.21. The molecule has 0 aliphatic carbocycles. The molecule has 0 fully saturated rings. The number of carbonyl (C=O) groups is 1. The number of H-pyrrole nitrogens is 1. The fraction of sp³-hybridized carbons (Fsp3) is 0.241. The van der Waals surface area contributed by atoms with Gasteiger partial charge < -0.3 is 34.3 Å². The number of imidazole rings is 1. The Hall–Kier alpha value is -4.66. The van der Waals surface area contributed by atoms with E-state index in [2.05, 4.69) is 45.2 Å². The molecule has 0 saturated heterocycles. The lowest BCUT2D eigenvalue weighted by Gasteiger charge is -2.19. The van der Waals surface area contributed by atoms with Gasteiger partial charge in [0, 0.05) is 50.2 Å². The maximum absolute atomic E-state index is 10.4. The van der Waals surface area contributed by atoms with Crippen molar-refractivity contribution in [1.29, 1.82) is 0 Å². The van der Waals surface area contributed by atoms with Crippen molar-refractivity contribution in [3.63, 3.8) is 0 Å². The van der Waals surface area contributed by atoms with Crippen molar-refractivity contribution in [3.05, 3.63) is 60.9 Å². The molecule has 200 valence electrons. The fourth-order valence-corrected chi connectivity index (χ4v) is 3.92. The van der Waals surface area contributed by atoms with Crippen LogP contribution in [-0.4, -0.2) is 61.1 Å². The number of carboxylic acid groups (broad SMARTS) is 1. The van der Waals surface area contributed by atoms with E-state index in [1.54, 1.807) is 24.5 Å². The van der Waals surface area contributed by atoms with Crippen LogP contribution in [0.15, 0.2) is 60.9 Å². The van der Waals surface area contributed by atoms with Crippen molar-refractivity contribution in [2.45, 2.75) is 13.8 Å². The molecule has 4 rings (SSSR count). The maximum atomic E-state index is 10.4. The van der Waals surface area contributed by atoms with Crippen LogP contribution in [0, 0.1) is 0 Å². The second-order valence-electron chi connectivity index (χ2n) is 8.45. The number of aliphatic carboxylic acids is 1. The van der Waals surface area contributed by atoms with E-state index in [0.717, 1.165) is 46.2 Å². The molecular formula is C29H33N3O6. The summed E-state index contributed by atoms with van der Waals surface area (Å²) in [5.41, 5.74) is 5.65. The first-order chi connectivity index (χ1) is 18.2. The van der Waals surface area contributed by atoms with E-state index in [1.165, 1.54) is 14.2 Å². The third kappa shape index (κ3) is 6.36. The van der Waals surface area contributed by atoms with Crippen molar-refractivity contribution < 1.29 is 29.2 Å². The van der Waals surface area contributed by atoms with Crippen LogP contribution in [0.2, 0.25) is 0 Å². The van der Waals surface area contributed by atoms with Gasteiger partial charge in [-0.2, -0.15) is 0 Å². The molecule has 4 aromatic rings. The van der Waals surface area contributed by atoms with E-state index in [1.807, 2.05) is 27.1 Å². The van der Waals surface area contributed by atoms with Crippen LogP contribution in [-0.2, 0) is 4.79 Å². The molecule has 0 bridgehead atoms. The molecule has 38 heavy (non-hydrogen) atoms. The molecule has 3 aromatic carbocycles. The van der Waals surface area contributed by atoms with Gasteiger partial charge in [0.15, 0.2) is 11.5 Å². The first-order valence-electron chi connectivity index (χ1n) is 11.9. The van der Waals surface area contributed by atoms with Gasteiger partial charge in [0.05, 0.1) is 20.8 Å². The second kappa shape index (κ2) is 12.5. The van der Waals surface area contributed by atoms with Crippen molar-refractivity contribution in [3.8, 4) is 56.6 Å². The highest BCUT2D eigenvalue weighted by Gasteiger charge is 2.20. The number of rotatable bonds is 8. The summed E-state index contributed by atoms with van der Waals surface area (Å²) < 4.78 is 16.9. The zero-order valence-corrected chi connectivity index (χ0v) is 22.4. The molecule has 0 unspecified atom stereocenters. The second-order valence-corrected chi connectivity index (χ2v) is 8.45. The number of nitrogens with one attached hydrogen (secondary N) is 1. The van der Waals surface area contributed by atoms with E-state index in [-0.39, 0.29) is 5.75 Å². The highest BCUT2D eigenvalue weighted by atomic mass is 16.5. The summed E-state index contributed by atoms with van der Waals surface area (Å²) in [5.74, 6) is 1.24.